The summed E-state index contributed by atoms with van der Waals surface area (Å²) in [6.07, 6.45) is 1.48. The van der Waals surface area contributed by atoms with Crippen LogP contribution in [0.25, 0.3) is 0 Å². The van der Waals surface area contributed by atoms with Crippen LogP contribution in [0.5, 0.6) is 5.75 Å². The van der Waals surface area contributed by atoms with Crippen molar-refractivity contribution < 1.29 is 14.3 Å². The van der Waals surface area contributed by atoms with Crippen LogP contribution in [-0.4, -0.2) is 18.4 Å². The number of rotatable bonds is 9. The smallest absolute Gasteiger partial charge is 0.256 e. The van der Waals surface area contributed by atoms with E-state index in [2.05, 4.69) is 17.4 Å². The number of carbonyl (C=O) groups is 2. The topological polar surface area (TPSA) is 81.4 Å². The normalized spacial score (nSPS) is 10.6. The molecule has 1 aromatic heterocycles. The van der Waals surface area contributed by atoms with E-state index in [9.17, 15) is 9.59 Å². The molecule has 0 radical (unpaired) electrons. The Morgan fingerprint density at radius 2 is 1.50 bits per heavy atom. The summed E-state index contributed by atoms with van der Waals surface area (Å²) in [5, 5.41) is 3.35. The number of amides is 2. The highest BCUT2D eigenvalue weighted by Gasteiger charge is 2.21. The third-order valence-electron chi connectivity index (χ3n) is 5.55. The molecule has 0 saturated heterocycles. The predicted octanol–water partition coefficient (Wildman–Crippen LogP) is 5.62. The zero-order chi connectivity index (χ0) is 23.9. The van der Waals surface area contributed by atoms with Gasteiger partial charge in [0.1, 0.15) is 10.8 Å². The Kier molecular flexibility index (Phi) is 7.40. The third kappa shape index (κ3) is 5.71. The van der Waals surface area contributed by atoms with E-state index in [1.165, 1.54) is 16.9 Å². The Morgan fingerprint density at radius 3 is 2.12 bits per heavy atom. The van der Waals surface area contributed by atoms with Crippen molar-refractivity contribution in [1.82, 2.24) is 0 Å². The lowest BCUT2D eigenvalue weighted by molar-refractivity contribution is 0.100. The molecule has 3 N–H and O–H groups in total. The Labute approximate surface area is 203 Å². The summed E-state index contributed by atoms with van der Waals surface area (Å²) in [5.41, 5.74) is 9.63. The summed E-state index contributed by atoms with van der Waals surface area (Å²) in [7, 11) is 0. The maximum absolute atomic E-state index is 12.9. The maximum atomic E-state index is 12.9. The van der Waals surface area contributed by atoms with Gasteiger partial charge in [0.05, 0.1) is 12.2 Å². The van der Waals surface area contributed by atoms with Crippen LogP contribution in [0.4, 0.5) is 5.00 Å². The van der Waals surface area contributed by atoms with Crippen molar-refractivity contribution >= 4 is 28.2 Å². The van der Waals surface area contributed by atoms with E-state index in [0.29, 0.717) is 34.9 Å². The number of carbonyl (C=O) groups excluding carboxylic acids is 2. The average molecular weight is 471 g/mol. The lowest BCUT2D eigenvalue weighted by atomic mass is 10.1. The van der Waals surface area contributed by atoms with Crippen LogP contribution in [0, 0.1) is 6.92 Å². The highest BCUT2D eigenvalue weighted by atomic mass is 32.1. The van der Waals surface area contributed by atoms with E-state index in [-0.39, 0.29) is 5.91 Å². The quantitative estimate of drug-likeness (QED) is 0.333. The summed E-state index contributed by atoms with van der Waals surface area (Å²) in [5.74, 6) is -0.154. The molecule has 0 aliphatic rings. The number of ether oxygens (including phenoxy) is 1. The highest BCUT2D eigenvalue weighted by molar-refractivity contribution is 7.17. The van der Waals surface area contributed by atoms with E-state index in [0.717, 1.165) is 22.4 Å². The van der Waals surface area contributed by atoms with Crippen LogP contribution in [0.1, 0.15) is 42.3 Å². The van der Waals surface area contributed by atoms with Gasteiger partial charge < -0.3 is 15.8 Å². The van der Waals surface area contributed by atoms with Crippen LogP contribution in [0.2, 0.25) is 0 Å². The Morgan fingerprint density at radius 1 is 0.882 bits per heavy atom. The second-order valence-electron chi connectivity index (χ2n) is 7.94. The van der Waals surface area contributed by atoms with E-state index in [4.69, 9.17) is 10.5 Å². The van der Waals surface area contributed by atoms with Crippen LogP contribution < -0.4 is 15.8 Å². The van der Waals surface area contributed by atoms with Gasteiger partial charge in [-0.1, -0.05) is 60.7 Å². The van der Waals surface area contributed by atoms with Gasteiger partial charge in [0.25, 0.3) is 11.8 Å². The predicted molar refractivity (Wildman–Crippen MR) is 137 cm³/mol. The lowest BCUT2D eigenvalue weighted by Gasteiger charge is -2.08. The minimum Gasteiger partial charge on any atom is -0.493 e. The zero-order valence-electron chi connectivity index (χ0n) is 18.9. The number of thiophene rings is 1. The standard InChI is InChI=1S/C28H26N2O3S/c1-19-24(18-21-10-6-3-7-11-21)34-28(25(19)26(29)31)30-27(32)22-12-14-23(15-13-22)33-17-16-20-8-4-2-5-9-20/h2-15H,16-18H2,1H3,(H2,29,31)(H,30,32). The van der Waals surface area contributed by atoms with E-state index in [1.54, 1.807) is 24.3 Å². The number of nitrogens with one attached hydrogen (secondary N) is 1. The molecule has 3 aromatic carbocycles. The van der Waals surface area contributed by atoms with Crippen molar-refractivity contribution in [3.63, 3.8) is 0 Å². The van der Waals surface area contributed by atoms with E-state index < -0.39 is 5.91 Å². The second kappa shape index (κ2) is 10.8. The van der Waals surface area contributed by atoms with Gasteiger partial charge in [-0.2, -0.15) is 0 Å². The van der Waals surface area contributed by atoms with Crippen molar-refractivity contribution in [1.29, 1.82) is 0 Å². The van der Waals surface area contributed by atoms with Crippen LogP contribution in [0.3, 0.4) is 0 Å². The molecule has 0 atom stereocenters. The SMILES string of the molecule is Cc1c(Cc2ccccc2)sc(NC(=O)c2ccc(OCCc3ccccc3)cc2)c1C(N)=O. The average Bonchev–Trinajstić information content (AvgIpc) is 3.15. The molecule has 6 heteroatoms. The summed E-state index contributed by atoms with van der Waals surface area (Å²) >= 11 is 1.39. The Balaban J connectivity index is 1.42. The first-order chi connectivity index (χ1) is 16.5. The van der Waals surface area contributed by atoms with Crippen molar-refractivity contribution in [3.05, 3.63) is 118 Å². The molecule has 0 unspecified atom stereocenters. The fourth-order valence-electron chi connectivity index (χ4n) is 3.70. The monoisotopic (exact) mass is 470 g/mol. The number of hydrogen-bond acceptors (Lipinski definition) is 4. The molecule has 0 aliphatic heterocycles. The van der Waals surface area contributed by atoms with Gasteiger partial charge in [0.2, 0.25) is 0 Å². The lowest BCUT2D eigenvalue weighted by Crippen LogP contribution is -2.17. The van der Waals surface area contributed by atoms with Gasteiger partial charge in [-0.15, -0.1) is 11.3 Å². The van der Waals surface area contributed by atoms with Gasteiger partial charge in [-0.05, 0) is 47.9 Å². The van der Waals surface area contributed by atoms with E-state index >= 15 is 0 Å². The summed E-state index contributed by atoms with van der Waals surface area (Å²) < 4.78 is 5.80. The van der Waals surface area contributed by atoms with Crippen LogP contribution >= 0.6 is 11.3 Å². The molecular weight excluding hydrogens is 444 g/mol. The third-order valence-corrected chi connectivity index (χ3v) is 6.75. The largest absolute Gasteiger partial charge is 0.493 e. The number of anilines is 1. The molecule has 0 spiro atoms. The summed E-state index contributed by atoms with van der Waals surface area (Å²) in [4.78, 5) is 26.0. The summed E-state index contributed by atoms with van der Waals surface area (Å²) in [6, 6.07) is 27.1. The first kappa shape index (κ1) is 23.3. The Hall–Kier alpha value is -3.90. The van der Waals surface area contributed by atoms with Crippen molar-refractivity contribution in [3.8, 4) is 5.75 Å². The first-order valence-corrected chi connectivity index (χ1v) is 11.9. The number of benzene rings is 3. The molecule has 4 aromatic rings. The molecule has 172 valence electrons. The highest BCUT2D eigenvalue weighted by Crippen LogP contribution is 2.34. The van der Waals surface area contributed by atoms with Crippen LogP contribution in [0.15, 0.2) is 84.9 Å². The molecular formula is C28H26N2O3S. The first-order valence-electron chi connectivity index (χ1n) is 11.1. The minimum atomic E-state index is -0.550. The van der Waals surface area contributed by atoms with Gasteiger partial charge in [0, 0.05) is 23.3 Å². The molecule has 5 nitrogen and oxygen atoms in total. The Bertz CT molecular complexity index is 1270. The molecule has 4 rings (SSSR count). The fraction of sp³-hybridized carbons (Fsp3) is 0.143. The fourth-order valence-corrected chi connectivity index (χ4v) is 4.94. The summed E-state index contributed by atoms with van der Waals surface area (Å²) in [6.45, 7) is 2.42. The molecule has 2 amide bonds. The minimum absolute atomic E-state index is 0.300. The van der Waals surface area contributed by atoms with Crippen LogP contribution in [-0.2, 0) is 12.8 Å². The zero-order valence-corrected chi connectivity index (χ0v) is 19.7. The number of hydrogen-bond donors (Lipinski definition) is 2. The van der Waals surface area contributed by atoms with Gasteiger partial charge in [0.15, 0.2) is 0 Å². The molecule has 0 bridgehead atoms. The van der Waals surface area contributed by atoms with Crippen molar-refractivity contribution in [2.24, 2.45) is 5.73 Å². The van der Waals surface area contributed by atoms with E-state index in [1.807, 2.05) is 55.5 Å². The number of primary amides is 1. The molecule has 0 fully saturated rings. The van der Waals surface area contributed by atoms with Gasteiger partial charge >= 0.3 is 0 Å². The molecule has 0 saturated carbocycles. The molecule has 34 heavy (non-hydrogen) atoms. The van der Waals surface area contributed by atoms with Gasteiger partial charge in [-0.3, -0.25) is 9.59 Å². The maximum Gasteiger partial charge on any atom is 0.256 e. The van der Waals surface area contributed by atoms with Crippen molar-refractivity contribution in [2.45, 2.75) is 19.8 Å². The second-order valence-corrected chi connectivity index (χ2v) is 9.05. The van der Waals surface area contributed by atoms with Crippen molar-refractivity contribution in [2.75, 3.05) is 11.9 Å². The molecule has 0 aliphatic carbocycles. The molecule has 1 heterocycles. The number of nitrogens with two attached hydrogens (primary N) is 1. The van der Waals surface area contributed by atoms with Gasteiger partial charge in [-0.25, -0.2) is 0 Å².